The molecule has 0 amide bonds. The highest BCUT2D eigenvalue weighted by Gasteiger charge is 2.27. The van der Waals surface area contributed by atoms with Crippen molar-refractivity contribution in [3.05, 3.63) is 59.9 Å². The smallest absolute Gasteiger partial charge is 0.196 e. The largest absolute Gasteiger partial charge is 0.483 e. The van der Waals surface area contributed by atoms with Crippen LogP contribution in [0.4, 0.5) is 0 Å². The Balaban J connectivity index is 2.13. The number of ether oxygens (including phenoxy) is 1. The lowest BCUT2D eigenvalue weighted by molar-refractivity contribution is -0.125. The highest BCUT2D eigenvalue weighted by molar-refractivity contribution is 5.91. The van der Waals surface area contributed by atoms with Crippen LogP contribution in [0.25, 0.3) is 0 Å². The van der Waals surface area contributed by atoms with E-state index in [1.807, 2.05) is 30.3 Å². The van der Waals surface area contributed by atoms with Crippen LogP contribution < -0.4 is 4.74 Å². The zero-order chi connectivity index (χ0) is 16.8. The number of benzene rings is 1. The number of nitriles is 1. The van der Waals surface area contributed by atoms with Crippen LogP contribution in [0.15, 0.2) is 48.7 Å². The van der Waals surface area contributed by atoms with Crippen molar-refractivity contribution in [1.29, 1.82) is 5.26 Å². The second kappa shape index (κ2) is 7.55. The third-order valence-corrected chi connectivity index (χ3v) is 3.64. The number of pyridine rings is 1. The Hall–Kier alpha value is -2.67. The van der Waals surface area contributed by atoms with Crippen molar-refractivity contribution < 1.29 is 9.53 Å². The lowest BCUT2D eigenvalue weighted by Gasteiger charge is -2.17. The minimum atomic E-state index is -0.917. The first-order chi connectivity index (χ1) is 11.0. The van der Waals surface area contributed by atoms with Crippen molar-refractivity contribution in [2.45, 2.75) is 38.7 Å². The number of Topliss-reactive ketones (excluding diaryl/α,β-unsaturated/α-hetero) is 1. The van der Waals surface area contributed by atoms with Crippen LogP contribution >= 0.6 is 0 Å². The van der Waals surface area contributed by atoms with Gasteiger partial charge in [0.05, 0.1) is 11.8 Å². The number of hydrogen-bond donors (Lipinski definition) is 0. The molecule has 0 bridgehead atoms. The van der Waals surface area contributed by atoms with E-state index in [1.165, 1.54) is 0 Å². The summed E-state index contributed by atoms with van der Waals surface area (Å²) in [5.74, 6) is -0.194. The Morgan fingerprint density at radius 2 is 1.96 bits per heavy atom. The molecule has 118 valence electrons. The molecule has 0 saturated heterocycles. The Kier molecular flexibility index (Phi) is 5.48. The van der Waals surface area contributed by atoms with Crippen molar-refractivity contribution >= 4 is 5.78 Å². The molecule has 0 saturated carbocycles. The van der Waals surface area contributed by atoms with Gasteiger partial charge in [-0.15, -0.1) is 0 Å². The molecular formula is C19H20N2O2. The van der Waals surface area contributed by atoms with E-state index in [1.54, 1.807) is 31.3 Å². The Labute approximate surface area is 136 Å². The molecule has 0 unspecified atom stereocenters. The monoisotopic (exact) mass is 308 g/mol. The third kappa shape index (κ3) is 4.17. The molecule has 0 aliphatic rings. The summed E-state index contributed by atoms with van der Waals surface area (Å²) in [4.78, 5) is 16.6. The van der Waals surface area contributed by atoms with Gasteiger partial charge in [-0.05, 0) is 42.7 Å². The van der Waals surface area contributed by atoms with Gasteiger partial charge in [0.1, 0.15) is 5.75 Å². The summed E-state index contributed by atoms with van der Waals surface area (Å²) in [7, 11) is 0. The number of carbonyl (C=O) groups is 1. The molecule has 4 nitrogen and oxygen atoms in total. The molecular weight excluding hydrogens is 288 g/mol. The van der Waals surface area contributed by atoms with Crippen molar-refractivity contribution in [2.24, 2.45) is 0 Å². The van der Waals surface area contributed by atoms with E-state index >= 15 is 0 Å². The van der Waals surface area contributed by atoms with Crippen molar-refractivity contribution in [1.82, 2.24) is 4.98 Å². The van der Waals surface area contributed by atoms with Crippen molar-refractivity contribution in [2.75, 3.05) is 0 Å². The molecule has 0 aliphatic carbocycles. The number of aromatic nitrogens is 1. The SMILES string of the molecule is CC(C)c1cccc(O[C@H](C)C(=O)[C@@H](C#N)c2ccccn2)c1. The van der Waals surface area contributed by atoms with Gasteiger partial charge in [-0.3, -0.25) is 9.78 Å². The van der Waals surface area contributed by atoms with Crippen LogP contribution in [0.1, 0.15) is 43.9 Å². The standard InChI is InChI=1S/C19H20N2O2/c1-13(2)15-7-6-8-16(11-15)23-14(3)19(22)17(12-20)18-9-4-5-10-21-18/h4-11,13-14,17H,1-3H3/t14-,17+/m1/s1. The molecule has 2 aromatic rings. The van der Waals surface area contributed by atoms with Gasteiger partial charge in [-0.1, -0.05) is 32.0 Å². The molecule has 4 heteroatoms. The number of hydrogen-bond acceptors (Lipinski definition) is 4. The minimum Gasteiger partial charge on any atom is -0.483 e. The summed E-state index contributed by atoms with van der Waals surface area (Å²) in [5.41, 5.74) is 1.59. The number of ketones is 1. The molecule has 0 fully saturated rings. The first kappa shape index (κ1) is 16.7. The van der Waals surface area contributed by atoms with Gasteiger partial charge in [-0.2, -0.15) is 5.26 Å². The lowest BCUT2D eigenvalue weighted by Crippen LogP contribution is -2.29. The van der Waals surface area contributed by atoms with E-state index < -0.39 is 12.0 Å². The lowest BCUT2D eigenvalue weighted by atomic mass is 9.97. The van der Waals surface area contributed by atoms with Gasteiger partial charge < -0.3 is 4.74 Å². The number of rotatable bonds is 6. The summed E-state index contributed by atoms with van der Waals surface area (Å²) >= 11 is 0. The fourth-order valence-corrected chi connectivity index (χ4v) is 2.27. The molecule has 23 heavy (non-hydrogen) atoms. The van der Waals surface area contributed by atoms with Gasteiger partial charge in [0.25, 0.3) is 0 Å². The van der Waals surface area contributed by atoms with Gasteiger partial charge in [0, 0.05) is 6.20 Å². The zero-order valence-corrected chi connectivity index (χ0v) is 13.6. The topological polar surface area (TPSA) is 63.0 Å². The minimum absolute atomic E-state index is 0.291. The number of nitrogens with zero attached hydrogens (tertiary/aromatic N) is 2. The average molecular weight is 308 g/mol. The van der Waals surface area contributed by atoms with Crippen molar-refractivity contribution in [3.63, 3.8) is 0 Å². The maximum Gasteiger partial charge on any atom is 0.196 e. The Bertz CT molecular complexity index is 705. The maximum atomic E-state index is 12.5. The summed E-state index contributed by atoms with van der Waals surface area (Å²) in [6.45, 7) is 5.86. The van der Waals surface area contributed by atoms with Crippen LogP contribution in [-0.2, 0) is 4.79 Å². The fourth-order valence-electron chi connectivity index (χ4n) is 2.27. The predicted octanol–water partition coefficient (Wildman–Crippen LogP) is 3.85. The quantitative estimate of drug-likeness (QED) is 0.813. The van der Waals surface area contributed by atoms with Crippen LogP contribution in [0.5, 0.6) is 5.75 Å². The number of carbonyl (C=O) groups excluding carboxylic acids is 1. The molecule has 1 aromatic heterocycles. The molecule has 0 radical (unpaired) electrons. The van der Waals surface area contributed by atoms with Crippen LogP contribution in [-0.4, -0.2) is 16.9 Å². The van der Waals surface area contributed by atoms with Crippen LogP contribution in [0.3, 0.4) is 0 Å². The summed E-state index contributed by atoms with van der Waals surface area (Å²) < 4.78 is 5.74. The molecule has 1 heterocycles. The van der Waals surface area contributed by atoms with E-state index in [-0.39, 0.29) is 5.78 Å². The molecule has 2 atom stereocenters. The second-order valence-corrected chi connectivity index (χ2v) is 5.71. The van der Waals surface area contributed by atoms with E-state index in [0.29, 0.717) is 17.4 Å². The molecule has 0 spiro atoms. The molecule has 0 aliphatic heterocycles. The first-order valence-corrected chi connectivity index (χ1v) is 7.63. The molecule has 1 aromatic carbocycles. The van der Waals surface area contributed by atoms with E-state index in [2.05, 4.69) is 18.8 Å². The maximum absolute atomic E-state index is 12.5. The second-order valence-electron chi connectivity index (χ2n) is 5.71. The van der Waals surface area contributed by atoms with Gasteiger partial charge >= 0.3 is 0 Å². The molecule has 2 rings (SSSR count). The van der Waals surface area contributed by atoms with Crippen molar-refractivity contribution in [3.8, 4) is 11.8 Å². The third-order valence-electron chi connectivity index (χ3n) is 3.64. The fraction of sp³-hybridized carbons (Fsp3) is 0.316. The van der Waals surface area contributed by atoms with E-state index in [4.69, 9.17) is 4.74 Å². The summed E-state index contributed by atoms with van der Waals surface area (Å²) in [6, 6.07) is 14.9. The zero-order valence-electron chi connectivity index (χ0n) is 13.6. The summed E-state index contributed by atoms with van der Waals surface area (Å²) in [6.07, 6.45) is 0.856. The van der Waals surface area contributed by atoms with E-state index in [9.17, 15) is 10.1 Å². The van der Waals surface area contributed by atoms with Gasteiger partial charge in [0.15, 0.2) is 17.8 Å². The van der Waals surface area contributed by atoms with Crippen LogP contribution in [0.2, 0.25) is 0 Å². The Morgan fingerprint density at radius 3 is 2.57 bits per heavy atom. The highest BCUT2D eigenvalue weighted by Crippen LogP contribution is 2.23. The Morgan fingerprint density at radius 1 is 1.17 bits per heavy atom. The predicted molar refractivity (Wildman–Crippen MR) is 88.2 cm³/mol. The highest BCUT2D eigenvalue weighted by atomic mass is 16.5. The van der Waals surface area contributed by atoms with Crippen LogP contribution in [0, 0.1) is 11.3 Å². The molecule has 0 N–H and O–H groups in total. The van der Waals surface area contributed by atoms with E-state index in [0.717, 1.165) is 5.56 Å². The first-order valence-electron chi connectivity index (χ1n) is 7.63. The van der Waals surface area contributed by atoms with Gasteiger partial charge in [0.2, 0.25) is 0 Å². The van der Waals surface area contributed by atoms with Gasteiger partial charge in [-0.25, -0.2) is 0 Å². The summed E-state index contributed by atoms with van der Waals surface area (Å²) in [5, 5.41) is 9.32. The average Bonchev–Trinajstić information content (AvgIpc) is 2.56. The normalized spacial score (nSPS) is 13.2.